The van der Waals surface area contributed by atoms with Crippen molar-refractivity contribution >= 4 is 19.2 Å². The van der Waals surface area contributed by atoms with E-state index in [0.717, 1.165) is 0 Å². The fourth-order valence-electron chi connectivity index (χ4n) is 2.48. The van der Waals surface area contributed by atoms with Gasteiger partial charge in [-0.05, 0) is 26.0 Å². The van der Waals surface area contributed by atoms with Gasteiger partial charge in [-0.15, -0.1) is 0 Å². The summed E-state index contributed by atoms with van der Waals surface area (Å²) in [7, 11) is -1.88. The predicted molar refractivity (Wildman–Crippen MR) is 86.9 cm³/mol. The van der Waals surface area contributed by atoms with Crippen LogP contribution < -0.4 is 5.32 Å². The van der Waals surface area contributed by atoms with Gasteiger partial charge in [-0.1, -0.05) is 12.1 Å². The molecule has 1 aromatic carbocycles. The van der Waals surface area contributed by atoms with Crippen molar-refractivity contribution in [2.24, 2.45) is 0 Å². The highest BCUT2D eigenvalue weighted by atomic mass is 31.2. The van der Waals surface area contributed by atoms with Gasteiger partial charge in [0.25, 0.3) is 5.91 Å². The summed E-state index contributed by atoms with van der Waals surface area (Å²) in [4.78, 5) is 17.8. The first-order chi connectivity index (χ1) is 11.4. The molecule has 0 spiro atoms. The van der Waals surface area contributed by atoms with Gasteiger partial charge in [-0.2, -0.15) is 5.06 Å². The molecule has 7 nitrogen and oxygen atoms in total. The molecular weight excluding hydrogens is 338 g/mol. The second-order valence-electron chi connectivity index (χ2n) is 5.20. The summed E-state index contributed by atoms with van der Waals surface area (Å²) >= 11 is 0. The Balaban J connectivity index is 2.08. The van der Waals surface area contributed by atoms with Crippen molar-refractivity contribution in [3.63, 3.8) is 0 Å². The predicted octanol–water partition coefficient (Wildman–Crippen LogP) is 2.99. The number of nitrogens with zero attached hydrogens (tertiary/aromatic N) is 1. The molecule has 24 heavy (non-hydrogen) atoms. The van der Waals surface area contributed by atoms with Crippen molar-refractivity contribution in [2.75, 3.05) is 25.6 Å². The van der Waals surface area contributed by atoms with Crippen LogP contribution >= 0.6 is 7.60 Å². The molecule has 0 unspecified atom stereocenters. The van der Waals surface area contributed by atoms with Gasteiger partial charge in [0.05, 0.1) is 18.9 Å². The minimum absolute atomic E-state index is 0.0648. The van der Waals surface area contributed by atoms with Crippen LogP contribution in [0.2, 0.25) is 0 Å². The maximum atomic E-state index is 13.6. The highest BCUT2D eigenvalue weighted by molar-refractivity contribution is 7.54. The zero-order valence-corrected chi connectivity index (χ0v) is 14.8. The second-order valence-corrected chi connectivity index (χ2v) is 7.39. The van der Waals surface area contributed by atoms with E-state index < -0.39 is 31.2 Å². The van der Waals surface area contributed by atoms with E-state index in [0.29, 0.717) is 0 Å². The van der Waals surface area contributed by atoms with E-state index in [1.807, 2.05) is 0 Å². The zero-order valence-electron chi connectivity index (χ0n) is 13.9. The molecule has 0 radical (unpaired) electrons. The Morgan fingerprint density at radius 2 is 2.00 bits per heavy atom. The van der Waals surface area contributed by atoms with E-state index in [4.69, 9.17) is 13.9 Å². The van der Waals surface area contributed by atoms with Crippen molar-refractivity contribution in [2.45, 2.75) is 32.2 Å². The van der Waals surface area contributed by atoms with Crippen LogP contribution in [-0.2, 0) is 23.2 Å². The summed E-state index contributed by atoms with van der Waals surface area (Å²) in [5, 5.41) is 3.79. The van der Waals surface area contributed by atoms with Crippen molar-refractivity contribution in [1.29, 1.82) is 0 Å². The molecule has 0 aromatic heterocycles. The molecule has 1 heterocycles. The Kier molecular flexibility index (Phi) is 6.48. The molecular formula is C15H22FN2O5P. The molecule has 1 aliphatic heterocycles. The largest absolute Gasteiger partial charge is 0.350 e. The van der Waals surface area contributed by atoms with E-state index in [9.17, 15) is 13.8 Å². The summed E-state index contributed by atoms with van der Waals surface area (Å²) < 4.78 is 37.1. The Bertz CT molecular complexity index is 620. The lowest BCUT2D eigenvalue weighted by Gasteiger charge is -2.25. The van der Waals surface area contributed by atoms with E-state index >= 15 is 0 Å². The van der Waals surface area contributed by atoms with Crippen LogP contribution in [-0.4, -0.2) is 43.1 Å². The molecule has 2 atom stereocenters. The average molecular weight is 360 g/mol. The summed E-state index contributed by atoms with van der Waals surface area (Å²) in [6, 6.07) is 5.84. The number of halogens is 1. The maximum absolute atomic E-state index is 13.6. The monoisotopic (exact) mass is 360 g/mol. The minimum atomic E-state index is -3.45. The topological polar surface area (TPSA) is 77.1 Å². The lowest BCUT2D eigenvalue weighted by Crippen LogP contribution is -2.28. The van der Waals surface area contributed by atoms with Crippen LogP contribution in [0.5, 0.6) is 0 Å². The van der Waals surface area contributed by atoms with Gasteiger partial charge in [-0.25, -0.2) is 4.39 Å². The van der Waals surface area contributed by atoms with Gasteiger partial charge in [0.1, 0.15) is 11.6 Å². The molecule has 0 saturated carbocycles. The Morgan fingerprint density at radius 1 is 1.38 bits per heavy atom. The highest BCUT2D eigenvalue weighted by Crippen LogP contribution is 2.57. The summed E-state index contributed by atoms with van der Waals surface area (Å²) in [6.45, 7) is 3.86. The Morgan fingerprint density at radius 3 is 2.58 bits per heavy atom. The first kappa shape index (κ1) is 19.0. The quantitative estimate of drug-likeness (QED) is 0.754. The molecule has 2 rings (SSSR count). The summed E-state index contributed by atoms with van der Waals surface area (Å²) in [5.74, 6) is -1.76. The fraction of sp³-hybridized carbons (Fsp3) is 0.533. The highest BCUT2D eigenvalue weighted by Gasteiger charge is 2.48. The second kappa shape index (κ2) is 8.18. The third-order valence-corrected chi connectivity index (χ3v) is 6.05. The Hall–Kier alpha value is -1.31. The number of benzene rings is 1. The van der Waals surface area contributed by atoms with Crippen molar-refractivity contribution in [3.8, 4) is 0 Å². The molecule has 9 heteroatoms. The SMILES string of the molecule is CCOP(=O)(OCC)[C@H]1C[C@H](C(=O)Nc2ccccc2F)ON1C. The number of hydrogen-bond donors (Lipinski definition) is 1. The van der Waals surface area contributed by atoms with Crippen LogP contribution in [0, 0.1) is 5.82 Å². The van der Waals surface area contributed by atoms with Crippen LogP contribution in [0.15, 0.2) is 24.3 Å². The van der Waals surface area contributed by atoms with Crippen LogP contribution in [0.25, 0.3) is 0 Å². The van der Waals surface area contributed by atoms with Gasteiger partial charge in [0, 0.05) is 13.5 Å². The lowest BCUT2D eigenvalue weighted by molar-refractivity contribution is -0.155. The number of rotatable bonds is 7. The van der Waals surface area contributed by atoms with E-state index in [-0.39, 0.29) is 25.3 Å². The van der Waals surface area contributed by atoms with Gasteiger partial charge in [0.2, 0.25) is 0 Å². The number of carbonyl (C=O) groups excluding carboxylic acids is 1. The van der Waals surface area contributed by atoms with Gasteiger partial charge in [0.15, 0.2) is 6.10 Å². The number of amides is 1. The molecule has 1 saturated heterocycles. The molecule has 1 aliphatic rings. The Labute approximate surface area is 140 Å². The van der Waals surface area contributed by atoms with Crippen molar-refractivity contribution in [3.05, 3.63) is 30.1 Å². The first-order valence-corrected chi connectivity index (χ1v) is 9.36. The van der Waals surface area contributed by atoms with Gasteiger partial charge in [-0.3, -0.25) is 14.2 Å². The third kappa shape index (κ3) is 4.20. The summed E-state index contributed by atoms with van der Waals surface area (Å²) in [6.07, 6.45) is -0.789. The number of hydroxylamine groups is 2. The molecule has 1 amide bonds. The first-order valence-electron chi connectivity index (χ1n) is 7.75. The molecule has 0 bridgehead atoms. The molecule has 134 valence electrons. The standard InChI is InChI=1S/C15H22FN2O5P/c1-4-21-24(20,22-5-2)14-10-13(23-18(14)3)15(19)17-12-9-7-6-8-11(12)16/h6-9,13-14H,4-5,10H2,1-3H3,(H,17,19)/t13-,14+/m1/s1. The van der Waals surface area contributed by atoms with Gasteiger partial charge >= 0.3 is 7.60 Å². The number of carbonyl (C=O) groups is 1. The molecule has 0 aliphatic carbocycles. The third-order valence-electron chi connectivity index (χ3n) is 3.55. The normalized spacial score (nSPS) is 21.8. The average Bonchev–Trinajstić information content (AvgIpc) is 2.93. The fourth-order valence-corrected chi connectivity index (χ4v) is 4.52. The maximum Gasteiger partial charge on any atom is 0.350 e. The van der Waals surface area contributed by atoms with Crippen molar-refractivity contribution < 1.29 is 27.6 Å². The number of para-hydroxylation sites is 1. The molecule has 1 N–H and O–H groups in total. The number of hydrogen-bond acceptors (Lipinski definition) is 6. The molecule has 1 aromatic rings. The molecule has 1 fully saturated rings. The summed E-state index contributed by atoms with van der Waals surface area (Å²) in [5.41, 5.74) is 0.0648. The van der Waals surface area contributed by atoms with E-state index in [1.165, 1.54) is 23.3 Å². The van der Waals surface area contributed by atoms with Crippen LogP contribution in [0.3, 0.4) is 0 Å². The lowest BCUT2D eigenvalue weighted by atomic mass is 10.2. The number of anilines is 1. The van der Waals surface area contributed by atoms with Crippen LogP contribution in [0.4, 0.5) is 10.1 Å². The van der Waals surface area contributed by atoms with Crippen molar-refractivity contribution in [1.82, 2.24) is 5.06 Å². The smallest absolute Gasteiger partial charge is 0.321 e. The van der Waals surface area contributed by atoms with E-state index in [2.05, 4.69) is 5.32 Å². The van der Waals surface area contributed by atoms with E-state index in [1.54, 1.807) is 27.0 Å². The minimum Gasteiger partial charge on any atom is -0.321 e. The number of nitrogens with one attached hydrogen (secondary N) is 1. The zero-order chi connectivity index (χ0) is 17.7. The van der Waals surface area contributed by atoms with Gasteiger partial charge < -0.3 is 14.4 Å². The van der Waals surface area contributed by atoms with Crippen LogP contribution in [0.1, 0.15) is 20.3 Å².